The molecule has 2 heterocycles. The highest BCUT2D eigenvalue weighted by atomic mass is 19.2. The van der Waals surface area contributed by atoms with E-state index in [9.17, 15) is 18.7 Å². The first-order valence-corrected chi connectivity index (χ1v) is 14.6. The number of benzene rings is 1. The van der Waals surface area contributed by atoms with Crippen molar-refractivity contribution in [1.82, 2.24) is 10.2 Å². The average molecular weight is 521 g/mol. The summed E-state index contributed by atoms with van der Waals surface area (Å²) in [4.78, 5) is 15.5. The molecule has 2 N–H and O–H groups in total. The number of piperidine rings is 2. The van der Waals surface area contributed by atoms with Gasteiger partial charge in [-0.1, -0.05) is 44.2 Å². The van der Waals surface area contributed by atoms with Crippen LogP contribution in [0.2, 0.25) is 0 Å². The Labute approximate surface area is 221 Å². The molecule has 4 atom stereocenters. The van der Waals surface area contributed by atoms with Gasteiger partial charge in [-0.3, -0.25) is 4.79 Å². The van der Waals surface area contributed by atoms with Gasteiger partial charge in [0, 0.05) is 44.7 Å². The molecular formula is C30H46F2N2O3. The van der Waals surface area contributed by atoms with Gasteiger partial charge in [-0.25, -0.2) is 8.78 Å². The molecule has 0 spiro atoms. The van der Waals surface area contributed by atoms with E-state index < -0.39 is 17.2 Å². The van der Waals surface area contributed by atoms with E-state index in [4.69, 9.17) is 4.74 Å². The van der Waals surface area contributed by atoms with Crippen molar-refractivity contribution in [2.24, 2.45) is 23.7 Å². The number of hydrogen-bond donors (Lipinski definition) is 2. The molecule has 1 saturated carbocycles. The second kappa shape index (κ2) is 13.5. The van der Waals surface area contributed by atoms with Crippen LogP contribution >= 0.6 is 0 Å². The van der Waals surface area contributed by atoms with Crippen LogP contribution in [-0.2, 0) is 15.1 Å². The number of amides is 1. The molecule has 3 aliphatic rings. The average Bonchev–Trinajstić information content (AvgIpc) is 2.93. The van der Waals surface area contributed by atoms with Gasteiger partial charge in [0.05, 0.1) is 5.60 Å². The van der Waals surface area contributed by atoms with Gasteiger partial charge in [0.15, 0.2) is 11.6 Å². The Kier molecular flexibility index (Phi) is 10.4. The van der Waals surface area contributed by atoms with Crippen molar-refractivity contribution in [3.8, 4) is 0 Å². The van der Waals surface area contributed by atoms with Gasteiger partial charge < -0.3 is 20.1 Å². The summed E-state index contributed by atoms with van der Waals surface area (Å²) in [6.07, 6.45) is 11.3. The summed E-state index contributed by atoms with van der Waals surface area (Å²) in [5.41, 5.74) is -1.52. The van der Waals surface area contributed by atoms with Crippen LogP contribution in [0.25, 0.3) is 0 Å². The smallest absolute Gasteiger partial charge is 0.222 e. The van der Waals surface area contributed by atoms with Crippen LogP contribution in [0.1, 0.15) is 82.6 Å². The standard InChI is InChI=1S/C30H46F2N2O3/c1-37-18-6-5-15-30(36,26-12-7-13-27(31)29(26)32)24-11-8-17-34(21-24)28(35)19-23-20-33-16-14-25(23)22-9-3-2-4-10-22/h7,12-13,22-25,33,36H,2-6,8-11,14-21H2,1H3/t23-,24-,25+,30+/m1/s1. The number of hydrogen-bond acceptors (Lipinski definition) is 4. The molecule has 2 saturated heterocycles. The Bertz CT molecular complexity index is 878. The van der Waals surface area contributed by atoms with Crippen LogP contribution in [0, 0.1) is 35.3 Å². The zero-order valence-corrected chi connectivity index (χ0v) is 22.5. The van der Waals surface area contributed by atoms with E-state index in [0.29, 0.717) is 57.2 Å². The molecule has 1 aromatic carbocycles. The topological polar surface area (TPSA) is 61.8 Å². The van der Waals surface area contributed by atoms with E-state index in [1.165, 1.54) is 44.2 Å². The van der Waals surface area contributed by atoms with Gasteiger partial charge in [0.2, 0.25) is 5.91 Å². The molecule has 3 fully saturated rings. The summed E-state index contributed by atoms with van der Waals surface area (Å²) in [6.45, 7) is 3.52. The van der Waals surface area contributed by atoms with Gasteiger partial charge in [-0.2, -0.15) is 0 Å². The fraction of sp³-hybridized carbons (Fsp3) is 0.767. The van der Waals surface area contributed by atoms with Crippen LogP contribution < -0.4 is 5.32 Å². The van der Waals surface area contributed by atoms with Gasteiger partial charge in [-0.05, 0) is 75.4 Å². The van der Waals surface area contributed by atoms with Crippen molar-refractivity contribution < 1.29 is 23.4 Å². The molecule has 0 unspecified atom stereocenters. The van der Waals surface area contributed by atoms with E-state index >= 15 is 0 Å². The Hall–Kier alpha value is -1.57. The van der Waals surface area contributed by atoms with E-state index in [0.717, 1.165) is 44.3 Å². The number of nitrogens with one attached hydrogen (secondary N) is 1. The number of nitrogens with zero attached hydrogens (tertiary/aromatic N) is 1. The molecule has 208 valence electrons. The van der Waals surface area contributed by atoms with Gasteiger partial charge >= 0.3 is 0 Å². The highest BCUT2D eigenvalue weighted by Crippen LogP contribution is 2.42. The minimum Gasteiger partial charge on any atom is -0.385 e. The number of methoxy groups -OCH3 is 1. The zero-order valence-electron chi connectivity index (χ0n) is 22.5. The van der Waals surface area contributed by atoms with Crippen LogP contribution in [0.5, 0.6) is 0 Å². The highest BCUT2D eigenvalue weighted by molar-refractivity contribution is 5.76. The zero-order chi connectivity index (χ0) is 26.3. The number of carbonyl (C=O) groups excluding carboxylic acids is 1. The van der Waals surface area contributed by atoms with Crippen molar-refractivity contribution in [3.63, 3.8) is 0 Å². The summed E-state index contributed by atoms with van der Waals surface area (Å²) in [5.74, 6) is -0.457. The third-order valence-electron chi connectivity index (χ3n) is 9.38. The predicted octanol–water partition coefficient (Wildman–Crippen LogP) is 5.40. The summed E-state index contributed by atoms with van der Waals surface area (Å²) < 4.78 is 34.3. The van der Waals surface area contributed by atoms with E-state index in [1.807, 2.05) is 4.90 Å². The van der Waals surface area contributed by atoms with Crippen molar-refractivity contribution in [1.29, 1.82) is 0 Å². The first-order chi connectivity index (χ1) is 17.9. The van der Waals surface area contributed by atoms with Crippen molar-refractivity contribution >= 4 is 5.91 Å². The lowest BCUT2D eigenvalue weighted by molar-refractivity contribution is -0.138. The lowest BCUT2D eigenvalue weighted by atomic mass is 9.70. The molecule has 1 amide bonds. The molecule has 2 aliphatic heterocycles. The molecule has 1 aliphatic carbocycles. The maximum atomic E-state index is 15.0. The van der Waals surface area contributed by atoms with E-state index in [2.05, 4.69) is 5.32 Å². The number of ether oxygens (including phenoxy) is 1. The number of likely N-dealkylation sites (tertiary alicyclic amines) is 1. The second-order valence-electron chi connectivity index (χ2n) is 11.7. The Balaban J connectivity index is 1.47. The number of rotatable bonds is 10. The molecule has 0 radical (unpaired) electrons. The molecule has 4 rings (SSSR count). The third kappa shape index (κ3) is 6.90. The predicted molar refractivity (Wildman–Crippen MR) is 141 cm³/mol. The summed E-state index contributed by atoms with van der Waals surface area (Å²) in [5, 5.41) is 15.5. The number of halogens is 2. The minimum absolute atomic E-state index is 0.0121. The monoisotopic (exact) mass is 520 g/mol. The van der Waals surface area contributed by atoms with Crippen molar-refractivity contribution in [3.05, 3.63) is 35.4 Å². The number of carbonyl (C=O) groups is 1. The van der Waals surface area contributed by atoms with Crippen molar-refractivity contribution in [2.75, 3.05) is 39.9 Å². The Morgan fingerprint density at radius 3 is 2.73 bits per heavy atom. The molecular weight excluding hydrogens is 474 g/mol. The first kappa shape index (κ1) is 28.4. The van der Waals surface area contributed by atoms with Crippen LogP contribution in [0.3, 0.4) is 0 Å². The molecule has 1 aromatic rings. The number of aliphatic hydroxyl groups is 1. The Morgan fingerprint density at radius 1 is 1.14 bits per heavy atom. The van der Waals surface area contributed by atoms with Gasteiger partial charge in [0.1, 0.15) is 0 Å². The largest absolute Gasteiger partial charge is 0.385 e. The molecule has 5 nitrogen and oxygen atoms in total. The molecule has 0 aromatic heterocycles. The molecule has 0 bridgehead atoms. The third-order valence-corrected chi connectivity index (χ3v) is 9.38. The fourth-order valence-corrected chi connectivity index (χ4v) is 7.33. The maximum absolute atomic E-state index is 15.0. The SMILES string of the molecule is COCCCC[C@@](O)(c1cccc(F)c1F)[C@@H]1CCCN(C(=O)C[C@@H]2CNCC[C@H]2C2CCCCC2)C1. The summed E-state index contributed by atoms with van der Waals surface area (Å²) >= 11 is 0. The first-order valence-electron chi connectivity index (χ1n) is 14.6. The maximum Gasteiger partial charge on any atom is 0.222 e. The fourth-order valence-electron chi connectivity index (χ4n) is 7.33. The normalized spacial score (nSPS) is 27.1. The van der Waals surface area contributed by atoms with Crippen molar-refractivity contribution in [2.45, 2.75) is 82.7 Å². The van der Waals surface area contributed by atoms with Gasteiger partial charge in [-0.15, -0.1) is 0 Å². The molecule has 7 heteroatoms. The highest BCUT2D eigenvalue weighted by Gasteiger charge is 2.43. The van der Waals surface area contributed by atoms with Crippen LogP contribution in [0.4, 0.5) is 8.78 Å². The summed E-state index contributed by atoms with van der Waals surface area (Å²) in [7, 11) is 1.63. The van der Waals surface area contributed by atoms with E-state index in [-0.39, 0.29) is 17.4 Å². The lowest BCUT2D eigenvalue weighted by Crippen LogP contribution is -2.50. The summed E-state index contributed by atoms with van der Waals surface area (Å²) in [6, 6.07) is 4.04. The van der Waals surface area contributed by atoms with Crippen LogP contribution in [-0.4, -0.2) is 55.8 Å². The van der Waals surface area contributed by atoms with Gasteiger partial charge in [0.25, 0.3) is 0 Å². The van der Waals surface area contributed by atoms with E-state index in [1.54, 1.807) is 7.11 Å². The minimum atomic E-state index is -1.53. The van der Waals surface area contributed by atoms with Crippen LogP contribution in [0.15, 0.2) is 18.2 Å². The number of unbranched alkanes of at least 4 members (excludes halogenated alkanes) is 1. The second-order valence-corrected chi connectivity index (χ2v) is 11.7. The quantitative estimate of drug-likeness (QED) is 0.406. The Morgan fingerprint density at radius 2 is 1.95 bits per heavy atom. The lowest BCUT2D eigenvalue weighted by Gasteiger charge is -2.44. The molecule has 37 heavy (non-hydrogen) atoms.